The highest BCUT2D eigenvalue weighted by molar-refractivity contribution is 7.91. The molecule has 2 aromatic rings. The largest absolute Gasteiger partial charge is 0.492 e. The molecule has 7 atom stereocenters. The molecule has 1 aromatic heterocycles. The Labute approximate surface area is 377 Å². The average molecular weight is 907 g/mol. The predicted molar refractivity (Wildman–Crippen MR) is 239 cm³/mol. The highest BCUT2D eigenvalue weighted by atomic mass is 32.2. The number of hydrogen-bond acceptors (Lipinski definition) is 12. The van der Waals surface area contributed by atoms with Crippen molar-refractivity contribution in [1.29, 1.82) is 0 Å². The van der Waals surface area contributed by atoms with Gasteiger partial charge in [-0.15, -0.1) is 6.58 Å². The number of carbonyl (C=O) groups excluding carboxylic acids is 4. The number of carbonyl (C=O) groups is 4. The average Bonchev–Trinajstić information content (AvgIpc) is 4.21. The summed E-state index contributed by atoms with van der Waals surface area (Å²) in [6.45, 7) is 17.5. The van der Waals surface area contributed by atoms with Gasteiger partial charge in [0.25, 0.3) is 5.91 Å². The fourth-order valence-corrected chi connectivity index (χ4v) is 10.8. The maximum atomic E-state index is 14.9. The van der Waals surface area contributed by atoms with Crippen LogP contribution < -0.4 is 24.8 Å². The van der Waals surface area contributed by atoms with Gasteiger partial charge >= 0.3 is 6.09 Å². The first-order valence-electron chi connectivity index (χ1n) is 23.2. The first kappa shape index (κ1) is 46.1. The van der Waals surface area contributed by atoms with Gasteiger partial charge in [0.05, 0.1) is 42.2 Å². The van der Waals surface area contributed by atoms with E-state index in [1.807, 2.05) is 45.9 Å². The van der Waals surface area contributed by atoms with Gasteiger partial charge in [-0.25, -0.2) is 18.2 Å². The molecule has 0 spiro atoms. The fourth-order valence-electron chi connectivity index (χ4n) is 9.44. The van der Waals surface area contributed by atoms with Crippen LogP contribution in [0.4, 0.5) is 4.79 Å². The van der Waals surface area contributed by atoms with E-state index < -0.39 is 73.6 Å². The van der Waals surface area contributed by atoms with Gasteiger partial charge in [-0.1, -0.05) is 45.8 Å². The summed E-state index contributed by atoms with van der Waals surface area (Å²) >= 11 is 0. The highest BCUT2D eigenvalue weighted by Crippen LogP contribution is 2.47. The summed E-state index contributed by atoms with van der Waals surface area (Å²) in [5.41, 5.74) is 0.155. The first-order valence-corrected chi connectivity index (χ1v) is 24.7. The number of pyridine rings is 1. The minimum atomic E-state index is -4.02. The van der Waals surface area contributed by atoms with Gasteiger partial charge in [0.1, 0.15) is 35.6 Å². The van der Waals surface area contributed by atoms with Crippen molar-refractivity contribution in [3.63, 3.8) is 0 Å². The summed E-state index contributed by atoms with van der Waals surface area (Å²) in [5.74, 6) is -1.21. The zero-order valence-electron chi connectivity index (χ0n) is 38.0. The Morgan fingerprint density at radius 1 is 1.09 bits per heavy atom. The molecule has 2 saturated heterocycles. The molecule has 0 radical (unpaired) electrons. The van der Waals surface area contributed by atoms with Crippen molar-refractivity contribution in [2.75, 3.05) is 46.0 Å². The van der Waals surface area contributed by atoms with E-state index in [9.17, 15) is 27.6 Å². The topological polar surface area (TPSA) is 195 Å². The standard InChI is InChI=1S/C47H66N6O10S/c1-7-31-27-47(31,43(56)51-64(58,59)46(6)16-17-46)50-40(54)36-26-32-28-53(36)42(55)39(45(3,4)5)49-44(57)63-37-25-30(37)12-9-8-10-13-34-38(61-21-11-18-52-19-22-60-23-20-52)33-15-14-29(2)24-35(33)48-41(34)62-32/h7,14-15,24,30-32,36-37,39H,1,8-13,16-23,25-28H2,2-6H3,(H,49,57)(H,50,54)(H,51,56)/t30-,31+,32-,36+,37-,39-,47-/m1/s1. The molecule has 3 N–H and O–H groups in total. The van der Waals surface area contributed by atoms with Gasteiger partial charge in [-0.2, -0.15) is 0 Å². The molecule has 3 saturated carbocycles. The molecule has 64 heavy (non-hydrogen) atoms. The van der Waals surface area contributed by atoms with Gasteiger partial charge in [0, 0.05) is 37.4 Å². The number of morpholine rings is 1. The smallest absolute Gasteiger partial charge is 0.408 e. The van der Waals surface area contributed by atoms with Crippen molar-refractivity contribution in [3.05, 3.63) is 42.0 Å². The Hall–Kier alpha value is -4.48. The van der Waals surface area contributed by atoms with Gasteiger partial charge in [-0.3, -0.25) is 24.0 Å². The third-order valence-electron chi connectivity index (χ3n) is 14.1. The summed E-state index contributed by atoms with van der Waals surface area (Å²) in [6.07, 6.45) is 6.68. The van der Waals surface area contributed by atoms with E-state index in [0.29, 0.717) is 37.3 Å². The SMILES string of the molecule is C=C[C@H]1C[C@]1(NC(=O)[C@@H]1C[C@@H]2CN1C(=O)[C@H](C(C)(C)C)NC(=O)O[C@@H]1C[C@H]1CCCCCc1c(nc3cc(C)ccc3c1OCCCN1CCOCC1)O2)C(=O)NS(=O)(=O)C1(C)CC1. The number of alkyl carbamates (subject to hydrolysis) is 1. The minimum Gasteiger partial charge on any atom is -0.492 e. The lowest BCUT2D eigenvalue weighted by Crippen LogP contribution is -2.60. The Morgan fingerprint density at radius 2 is 1.86 bits per heavy atom. The van der Waals surface area contributed by atoms with Crippen LogP contribution in [0.15, 0.2) is 30.9 Å². The van der Waals surface area contributed by atoms with Crippen LogP contribution in [0.2, 0.25) is 0 Å². The second kappa shape index (κ2) is 18.1. The Balaban J connectivity index is 1.12. The summed E-state index contributed by atoms with van der Waals surface area (Å²) in [7, 11) is -4.02. The Morgan fingerprint density at radius 3 is 2.56 bits per heavy atom. The number of hydrogen-bond donors (Lipinski definition) is 3. The zero-order valence-corrected chi connectivity index (χ0v) is 38.9. The lowest BCUT2D eigenvalue weighted by atomic mass is 9.85. The third-order valence-corrected chi connectivity index (χ3v) is 16.3. The van der Waals surface area contributed by atoms with Crippen LogP contribution in [-0.2, 0) is 40.3 Å². The summed E-state index contributed by atoms with van der Waals surface area (Å²) in [6, 6.07) is 3.83. The molecule has 4 amide bonds. The quantitative estimate of drug-likeness (QED) is 0.208. The molecule has 0 unspecified atom stereocenters. The monoisotopic (exact) mass is 906 g/mol. The molecule has 4 heterocycles. The fraction of sp³-hybridized carbons (Fsp3) is 0.681. The van der Waals surface area contributed by atoms with E-state index in [1.165, 1.54) is 11.0 Å². The molecule has 350 valence electrons. The van der Waals surface area contributed by atoms with E-state index in [4.69, 9.17) is 23.9 Å². The summed E-state index contributed by atoms with van der Waals surface area (Å²) in [4.78, 5) is 65.8. The second-order valence-electron chi connectivity index (χ2n) is 20.3. The second-order valence-corrected chi connectivity index (χ2v) is 22.5. The number of benzene rings is 1. The number of amides is 4. The van der Waals surface area contributed by atoms with E-state index in [2.05, 4.69) is 26.8 Å². The number of fused-ring (bicyclic) bond motifs is 5. The van der Waals surface area contributed by atoms with Crippen molar-refractivity contribution in [3.8, 4) is 11.6 Å². The molecule has 6 aliphatic rings. The Bertz CT molecular complexity index is 2250. The van der Waals surface area contributed by atoms with Crippen LogP contribution >= 0.6 is 0 Å². The van der Waals surface area contributed by atoms with Gasteiger partial charge in [0.2, 0.25) is 27.7 Å². The van der Waals surface area contributed by atoms with Crippen LogP contribution in [0, 0.1) is 24.2 Å². The van der Waals surface area contributed by atoms with Crippen molar-refractivity contribution < 1.29 is 46.5 Å². The molecule has 3 aliphatic carbocycles. The van der Waals surface area contributed by atoms with E-state index in [0.717, 1.165) is 93.6 Å². The van der Waals surface area contributed by atoms with Crippen LogP contribution in [0.25, 0.3) is 10.9 Å². The van der Waals surface area contributed by atoms with Crippen LogP contribution in [0.1, 0.15) is 103 Å². The summed E-state index contributed by atoms with van der Waals surface area (Å²) in [5, 5.41) is 6.59. The molecule has 16 nitrogen and oxygen atoms in total. The molecule has 3 aliphatic heterocycles. The molecule has 2 bridgehead atoms. The third kappa shape index (κ3) is 9.86. The number of nitrogens with zero attached hydrogens (tertiary/aromatic N) is 3. The Kier molecular flexibility index (Phi) is 13.0. The molecule has 5 fully saturated rings. The zero-order chi connectivity index (χ0) is 45.6. The van der Waals surface area contributed by atoms with Crippen molar-refractivity contribution in [2.45, 2.75) is 140 Å². The lowest BCUT2D eigenvalue weighted by molar-refractivity contribution is -0.142. The molecular weight excluding hydrogens is 841 g/mol. The summed E-state index contributed by atoms with van der Waals surface area (Å²) < 4.78 is 52.6. The van der Waals surface area contributed by atoms with Gasteiger partial charge in [-0.05, 0) is 94.2 Å². The van der Waals surface area contributed by atoms with Gasteiger partial charge < -0.3 is 34.5 Å². The van der Waals surface area contributed by atoms with Crippen LogP contribution in [0.5, 0.6) is 11.6 Å². The first-order chi connectivity index (χ1) is 30.4. The molecular formula is C47H66N6O10S. The van der Waals surface area contributed by atoms with Gasteiger partial charge in [0.15, 0.2) is 0 Å². The van der Waals surface area contributed by atoms with E-state index in [1.54, 1.807) is 6.92 Å². The number of aryl methyl sites for hydroxylation is 1. The maximum Gasteiger partial charge on any atom is 0.408 e. The van der Waals surface area contributed by atoms with Crippen molar-refractivity contribution in [1.82, 2.24) is 30.1 Å². The number of ether oxygens (including phenoxy) is 4. The number of aromatic nitrogens is 1. The van der Waals surface area contributed by atoms with Crippen LogP contribution in [0.3, 0.4) is 0 Å². The number of nitrogens with one attached hydrogen (secondary N) is 3. The van der Waals surface area contributed by atoms with E-state index >= 15 is 0 Å². The highest BCUT2D eigenvalue weighted by Gasteiger charge is 2.63. The minimum absolute atomic E-state index is 0.0260. The normalized spacial score (nSPS) is 29.7. The van der Waals surface area contributed by atoms with Crippen molar-refractivity contribution in [2.24, 2.45) is 17.3 Å². The van der Waals surface area contributed by atoms with Crippen molar-refractivity contribution >= 4 is 44.7 Å². The maximum absolute atomic E-state index is 14.9. The number of sulfonamides is 1. The molecule has 1 aromatic carbocycles. The van der Waals surface area contributed by atoms with E-state index in [-0.39, 0.29) is 31.4 Å². The number of rotatable bonds is 11. The van der Waals surface area contributed by atoms with Crippen LogP contribution in [-0.4, -0.2) is 128 Å². The lowest BCUT2D eigenvalue weighted by Gasteiger charge is -2.35. The molecule has 17 heteroatoms. The molecule has 8 rings (SSSR count). The predicted octanol–water partition coefficient (Wildman–Crippen LogP) is 4.70.